The Balaban J connectivity index is 2.57. The Morgan fingerprint density at radius 3 is 3.00 bits per heavy atom. The maximum absolute atomic E-state index is 8.78. The first kappa shape index (κ1) is 9.81. The van der Waals surface area contributed by atoms with Gasteiger partial charge in [-0.1, -0.05) is 18.6 Å². The van der Waals surface area contributed by atoms with E-state index in [2.05, 4.69) is 25.1 Å². The van der Waals surface area contributed by atoms with Crippen molar-refractivity contribution in [3.05, 3.63) is 11.6 Å². The molecule has 0 saturated heterocycles. The molecule has 1 unspecified atom stereocenters. The van der Waals surface area contributed by atoms with Gasteiger partial charge in [-0.05, 0) is 25.2 Å². The van der Waals surface area contributed by atoms with E-state index in [0.717, 1.165) is 19.3 Å². The fraction of sp³-hybridized carbons (Fsp3) is 0.636. The van der Waals surface area contributed by atoms with E-state index < -0.39 is 0 Å². The first-order valence-electron chi connectivity index (χ1n) is 4.73. The Morgan fingerprint density at radius 1 is 1.62 bits per heavy atom. The van der Waals surface area contributed by atoms with Gasteiger partial charge >= 0.3 is 0 Å². The normalized spacial score (nSPS) is 23.9. The van der Waals surface area contributed by atoms with E-state index in [-0.39, 0.29) is 5.92 Å². The maximum atomic E-state index is 8.78. The summed E-state index contributed by atoms with van der Waals surface area (Å²) in [7, 11) is 0. The predicted octanol–water partition coefficient (Wildman–Crippen LogP) is 2.79. The van der Waals surface area contributed by atoms with E-state index >= 15 is 0 Å². The molecule has 2 nitrogen and oxygen atoms in total. The van der Waals surface area contributed by atoms with Crippen LogP contribution in [0, 0.1) is 34.5 Å². The summed E-state index contributed by atoms with van der Waals surface area (Å²) < 4.78 is 0. The largest absolute Gasteiger partial charge is 0.198 e. The van der Waals surface area contributed by atoms with Crippen LogP contribution in [0.4, 0.5) is 0 Å². The third-order valence-corrected chi connectivity index (χ3v) is 2.62. The quantitative estimate of drug-likeness (QED) is 0.604. The summed E-state index contributed by atoms with van der Waals surface area (Å²) >= 11 is 0. The molecule has 0 bridgehead atoms. The van der Waals surface area contributed by atoms with Gasteiger partial charge in [0.25, 0.3) is 0 Å². The minimum absolute atomic E-state index is 0.182. The topological polar surface area (TPSA) is 47.6 Å². The summed E-state index contributed by atoms with van der Waals surface area (Å²) in [6, 6.07) is 4.48. The predicted molar refractivity (Wildman–Crippen MR) is 50.4 cm³/mol. The summed E-state index contributed by atoms with van der Waals surface area (Å²) in [5.74, 6) is 0.516. The second-order valence-corrected chi connectivity index (χ2v) is 3.65. The van der Waals surface area contributed by atoms with Crippen molar-refractivity contribution in [2.45, 2.75) is 32.6 Å². The molecule has 68 valence electrons. The van der Waals surface area contributed by atoms with Crippen molar-refractivity contribution >= 4 is 0 Å². The van der Waals surface area contributed by atoms with E-state index in [1.807, 2.05) is 0 Å². The number of hydrogen-bond donors (Lipinski definition) is 0. The van der Waals surface area contributed by atoms with Gasteiger partial charge in [-0.25, -0.2) is 0 Å². The molecule has 0 heterocycles. The Hall–Kier alpha value is -1.28. The highest BCUT2D eigenvalue weighted by molar-refractivity contribution is 5.14. The van der Waals surface area contributed by atoms with Crippen LogP contribution >= 0.6 is 0 Å². The third kappa shape index (κ3) is 2.60. The first-order valence-corrected chi connectivity index (χ1v) is 4.73. The Kier molecular flexibility index (Phi) is 3.53. The lowest BCUT2D eigenvalue weighted by Crippen LogP contribution is -2.09. The smallest absolute Gasteiger partial charge is 0.0659 e. The molecule has 0 aromatic carbocycles. The average molecular weight is 174 g/mol. The second-order valence-electron chi connectivity index (χ2n) is 3.65. The molecule has 1 aliphatic carbocycles. The lowest BCUT2D eigenvalue weighted by Gasteiger charge is -2.20. The van der Waals surface area contributed by atoms with E-state index in [1.54, 1.807) is 0 Å². The molecule has 1 rings (SSSR count). The van der Waals surface area contributed by atoms with Gasteiger partial charge in [-0.15, -0.1) is 0 Å². The molecule has 0 aromatic rings. The summed E-state index contributed by atoms with van der Waals surface area (Å²) in [4.78, 5) is 0. The SMILES string of the molecule is C[C@H](CC#N)C1=CCCC(C#N)C1. The van der Waals surface area contributed by atoms with Gasteiger partial charge in [0.1, 0.15) is 0 Å². The van der Waals surface area contributed by atoms with Crippen LogP contribution in [0.15, 0.2) is 11.6 Å². The highest BCUT2D eigenvalue weighted by Crippen LogP contribution is 2.29. The average Bonchev–Trinajstić information content (AvgIpc) is 2.18. The molecule has 0 saturated carbocycles. The zero-order valence-electron chi connectivity index (χ0n) is 7.95. The van der Waals surface area contributed by atoms with Gasteiger partial charge in [0.2, 0.25) is 0 Å². The van der Waals surface area contributed by atoms with E-state index in [9.17, 15) is 0 Å². The molecular formula is C11H14N2. The number of nitrogens with zero attached hydrogens (tertiary/aromatic N) is 2. The Labute approximate surface area is 79.5 Å². The number of nitriles is 2. The highest BCUT2D eigenvalue weighted by Gasteiger charge is 2.18. The fourth-order valence-electron chi connectivity index (χ4n) is 1.72. The highest BCUT2D eigenvalue weighted by atomic mass is 14.3. The Bertz CT molecular complexity index is 277. The van der Waals surface area contributed by atoms with Crippen molar-refractivity contribution in [2.75, 3.05) is 0 Å². The van der Waals surface area contributed by atoms with Crippen LogP contribution < -0.4 is 0 Å². The second kappa shape index (κ2) is 4.67. The van der Waals surface area contributed by atoms with E-state index in [4.69, 9.17) is 10.5 Å². The van der Waals surface area contributed by atoms with E-state index in [0.29, 0.717) is 12.3 Å². The van der Waals surface area contributed by atoms with Gasteiger partial charge in [0.15, 0.2) is 0 Å². The van der Waals surface area contributed by atoms with Gasteiger partial charge < -0.3 is 0 Å². The molecule has 2 atom stereocenters. The number of allylic oxidation sites excluding steroid dienone is 2. The molecule has 1 aliphatic rings. The van der Waals surface area contributed by atoms with Crippen LogP contribution in [0.5, 0.6) is 0 Å². The molecule has 2 heteroatoms. The van der Waals surface area contributed by atoms with Crippen LogP contribution in [-0.2, 0) is 0 Å². The minimum atomic E-state index is 0.182. The van der Waals surface area contributed by atoms with Crippen molar-refractivity contribution < 1.29 is 0 Å². The van der Waals surface area contributed by atoms with Crippen molar-refractivity contribution in [1.82, 2.24) is 0 Å². The molecular weight excluding hydrogens is 160 g/mol. The van der Waals surface area contributed by atoms with Crippen LogP contribution in [0.3, 0.4) is 0 Å². The van der Waals surface area contributed by atoms with Crippen LogP contribution in [0.25, 0.3) is 0 Å². The fourth-order valence-corrected chi connectivity index (χ4v) is 1.72. The summed E-state index contributed by atoms with van der Waals surface area (Å²) in [5.41, 5.74) is 1.30. The maximum Gasteiger partial charge on any atom is 0.0659 e. The molecule has 0 fully saturated rings. The van der Waals surface area contributed by atoms with Gasteiger partial charge in [0, 0.05) is 6.42 Å². The zero-order valence-corrected chi connectivity index (χ0v) is 7.95. The van der Waals surface area contributed by atoms with Crippen molar-refractivity contribution in [3.63, 3.8) is 0 Å². The molecule has 0 spiro atoms. The number of hydrogen-bond acceptors (Lipinski definition) is 2. The van der Waals surface area contributed by atoms with Crippen molar-refractivity contribution in [2.24, 2.45) is 11.8 Å². The molecule has 0 amide bonds. The number of rotatable bonds is 2. The summed E-state index contributed by atoms with van der Waals surface area (Å²) in [6.07, 6.45) is 5.64. The molecule has 0 N–H and O–H groups in total. The molecule has 0 radical (unpaired) electrons. The third-order valence-electron chi connectivity index (χ3n) is 2.62. The van der Waals surface area contributed by atoms with Gasteiger partial charge in [-0.3, -0.25) is 0 Å². The molecule has 0 aromatic heterocycles. The van der Waals surface area contributed by atoms with E-state index in [1.165, 1.54) is 5.57 Å². The summed E-state index contributed by atoms with van der Waals surface area (Å²) in [5, 5.41) is 17.3. The van der Waals surface area contributed by atoms with Crippen LogP contribution in [0.1, 0.15) is 32.6 Å². The van der Waals surface area contributed by atoms with Crippen molar-refractivity contribution in [3.8, 4) is 12.1 Å². The monoisotopic (exact) mass is 174 g/mol. The lowest BCUT2D eigenvalue weighted by atomic mass is 9.83. The lowest BCUT2D eigenvalue weighted by molar-refractivity contribution is 0.521. The zero-order chi connectivity index (χ0) is 9.68. The first-order chi connectivity index (χ1) is 6.27. The van der Waals surface area contributed by atoms with Crippen LogP contribution in [-0.4, -0.2) is 0 Å². The Morgan fingerprint density at radius 2 is 2.38 bits per heavy atom. The van der Waals surface area contributed by atoms with Crippen LogP contribution in [0.2, 0.25) is 0 Å². The standard InChI is InChI=1S/C11H14N2/c1-9(5-6-12)11-4-2-3-10(7-11)8-13/h4,9-10H,2-3,5,7H2,1H3/t9-,10?/m1/s1. The van der Waals surface area contributed by atoms with Crippen molar-refractivity contribution in [1.29, 1.82) is 10.5 Å². The molecule has 13 heavy (non-hydrogen) atoms. The summed E-state index contributed by atoms with van der Waals surface area (Å²) in [6.45, 7) is 2.06. The minimum Gasteiger partial charge on any atom is -0.198 e. The molecule has 0 aliphatic heterocycles. The van der Waals surface area contributed by atoms with Gasteiger partial charge in [0.05, 0.1) is 18.1 Å². The van der Waals surface area contributed by atoms with Gasteiger partial charge in [-0.2, -0.15) is 10.5 Å².